The normalized spacial score (nSPS) is 12.1. The third-order valence-electron chi connectivity index (χ3n) is 1.99. The van der Waals surface area contributed by atoms with Crippen molar-refractivity contribution in [2.75, 3.05) is 5.32 Å². The number of benzene rings is 1. The molecule has 0 heterocycles. The van der Waals surface area contributed by atoms with Gasteiger partial charge in [-0.1, -0.05) is 0 Å². The summed E-state index contributed by atoms with van der Waals surface area (Å²) in [5.41, 5.74) is -1.82. The fraction of sp³-hybridized carbons (Fsp3) is 0.222. The molecule has 0 saturated heterocycles. The number of nitrogens with one attached hydrogen (secondary N) is 1. The monoisotopic (exact) mass is 302 g/mol. The molecule has 0 bridgehead atoms. The van der Waals surface area contributed by atoms with Crippen LogP contribution in [0.4, 0.5) is 37.7 Å². The summed E-state index contributed by atoms with van der Waals surface area (Å²) in [6.07, 6.45) is -6.14. The highest BCUT2D eigenvalue weighted by Gasteiger charge is 2.63. The van der Waals surface area contributed by atoms with E-state index < -0.39 is 40.1 Å². The minimum absolute atomic E-state index is 0.358. The number of anilines is 1. The van der Waals surface area contributed by atoms with Crippen LogP contribution in [0.2, 0.25) is 0 Å². The van der Waals surface area contributed by atoms with E-state index in [1.807, 2.05) is 0 Å². The van der Waals surface area contributed by atoms with Crippen LogP contribution in [0.3, 0.4) is 0 Å². The number of carbonyl (C=O) groups is 1. The fourth-order valence-electron chi connectivity index (χ4n) is 1.09. The van der Waals surface area contributed by atoms with Crippen molar-refractivity contribution in [3.05, 3.63) is 34.1 Å². The molecular weight excluding hydrogens is 298 g/mol. The maximum atomic E-state index is 12.9. The average Bonchev–Trinajstić information content (AvgIpc) is 2.26. The zero-order chi connectivity index (χ0) is 15.7. The Bertz CT molecular complexity index is 557. The Balaban J connectivity index is 3.05. The van der Waals surface area contributed by atoms with Crippen molar-refractivity contribution in [1.29, 1.82) is 0 Å². The van der Waals surface area contributed by atoms with Gasteiger partial charge < -0.3 is 5.32 Å². The van der Waals surface area contributed by atoms with Gasteiger partial charge in [-0.25, -0.2) is 4.39 Å². The maximum absolute atomic E-state index is 12.9. The van der Waals surface area contributed by atoms with Crippen LogP contribution in [0.1, 0.15) is 0 Å². The van der Waals surface area contributed by atoms with Gasteiger partial charge in [-0.15, -0.1) is 0 Å². The predicted octanol–water partition coefficient (Wildman–Crippen LogP) is 2.87. The molecule has 1 aromatic carbocycles. The minimum Gasteiger partial charge on any atom is -0.320 e. The molecule has 0 aliphatic rings. The second-order valence-electron chi connectivity index (χ2n) is 3.48. The summed E-state index contributed by atoms with van der Waals surface area (Å²) < 4.78 is 73.8. The van der Waals surface area contributed by atoms with E-state index in [0.29, 0.717) is 18.2 Å². The van der Waals surface area contributed by atoms with Crippen LogP contribution in [-0.4, -0.2) is 22.9 Å². The molecule has 1 amide bonds. The van der Waals surface area contributed by atoms with Crippen molar-refractivity contribution in [3.63, 3.8) is 0 Å². The van der Waals surface area contributed by atoms with Gasteiger partial charge >= 0.3 is 18.0 Å². The van der Waals surface area contributed by atoms with Crippen molar-refractivity contribution in [2.24, 2.45) is 0 Å². The third kappa shape index (κ3) is 3.16. The van der Waals surface area contributed by atoms with Crippen LogP contribution < -0.4 is 5.32 Å². The van der Waals surface area contributed by atoms with E-state index in [0.717, 1.165) is 5.32 Å². The van der Waals surface area contributed by atoms with E-state index in [9.17, 15) is 41.3 Å². The number of nitro benzene ring substituents is 1. The Labute approximate surface area is 106 Å². The number of hydrogen-bond donors (Lipinski definition) is 1. The maximum Gasteiger partial charge on any atom is 0.463 e. The summed E-state index contributed by atoms with van der Waals surface area (Å²) in [7, 11) is 0. The third-order valence-corrected chi connectivity index (χ3v) is 1.99. The number of non-ortho nitro benzene ring substituents is 1. The molecule has 0 saturated carbocycles. The van der Waals surface area contributed by atoms with Crippen molar-refractivity contribution < 1.29 is 36.1 Å². The zero-order valence-electron chi connectivity index (χ0n) is 9.17. The minimum atomic E-state index is -6.14. The summed E-state index contributed by atoms with van der Waals surface area (Å²) >= 11 is 0. The molecule has 0 aromatic heterocycles. The van der Waals surface area contributed by atoms with Crippen LogP contribution in [0.15, 0.2) is 18.2 Å². The first-order chi connectivity index (χ1) is 8.95. The molecule has 0 spiro atoms. The summed E-state index contributed by atoms with van der Waals surface area (Å²) in [6.45, 7) is 0. The Morgan fingerprint density at radius 1 is 1.15 bits per heavy atom. The van der Waals surface area contributed by atoms with E-state index in [1.54, 1.807) is 0 Å². The summed E-state index contributed by atoms with van der Waals surface area (Å²) in [5.74, 6) is -9.77. The highest BCUT2D eigenvalue weighted by atomic mass is 19.4. The molecule has 0 aliphatic heterocycles. The SMILES string of the molecule is O=C(Nc1cc(F)cc([N+](=O)[O-])c1)C(F)(F)C(F)(F)F. The molecule has 11 heteroatoms. The molecule has 0 atom stereocenters. The van der Waals surface area contributed by atoms with E-state index in [1.165, 1.54) is 0 Å². The lowest BCUT2D eigenvalue weighted by Crippen LogP contribution is -2.47. The summed E-state index contributed by atoms with van der Waals surface area (Å²) in [5, 5.41) is 11.4. The van der Waals surface area contributed by atoms with Crippen LogP contribution in [0.25, 0.3) is 0 Å². The number of halogens is 6. The summed E-state index contributed by atoms with van der Waals surface area (Å²) in [6, 6.07) is 1.20. The van der Waals surface area contributed by atoms with Gasteiger partial charge in [0.1, 0.15) is 5.82 Å². The zero-order valence-corrected chi connectivity index (χ0v) is 9.17. The first-order valence-electron chi connectivity index (χ1n) is 4.66. The van der Waals surface area contributed by atoms with E-state index in [2.05, 4.69) is 0 Å². The Morgan fingerprint density at radius 3 is 2.15 bits per heavy atom. The van der Waals surface area contributed by atoms with Gasteiger partial charge in [-0.3, -0.25) is 14.9 Å². The topological polar surface area (TPSA) is 72.2 Å². The molecule has 0 aliphatic carbocycles. The van der Waals surface area contributed by atoms with Crippen molar-refractivity contribution in [2.45, 2.75) is 12.1 Å². The molecular formula is C9H4F6N2O3. The standard InChI is InChI=1S/C9H4F6N2O3/c10-4-1-5(3-6(2-4)17(19)20)16-7(18)8(11,12)9(13,14)15/h1-3H,(H,16,18). The van der Waals surface area contributed by atoms with Crippen molar-refractivity contribution >= 4 is 17.3 Å². The lowest BCUT2D eigenvalue weighted by Gasteiger charge is -2.18. The number of nitro groups is 1. The van der Waals surface area contributed by atoms with E-state index in [4.69, 9.17) is 0 Å². The largest absolute Gasteiger partial charge is 0.463 e. The highest BCUT2D eigenvalue weighted by Crippen LogP contribution is 2.36. The van der Waals surface area contributed by atoms with Gasteiger partial charge in [0, 0.05) is 6.07 Å². The number of hydrogen-bond acceptors (Lipinski definition) is 3. The van der Waals surface area contributed by atoms with Crippen LogP contribution >= 0.6 is 0 Å². The van der Waals surface area contributed by atoms with E-state index >= 15 is 0 Å². The van der Waals surface area contributed by atoms with Crippen LogP contribution in [0, 0.1) is 15.9 Å². The Kier molecular flexibility index (Phi) is 3.92. The molecule has 110 valence electrons. The Hall–Kier alpha value is -2.33. The number of amides is 1. The molecule has 0 fully saturated rings. The average molecular weight is 302 g/mol. The van der Waals surface area contributed by atoms with Gasteiger partial charge in [0.15, 0.2) is 0 Å². The van der Waals surface area contributed by atoms with Crippen LogP contribution in [0.5, 0.6) is 0 Å². The molecule has 1 rings (SSSR count). The van der Waals surface area contributed by atoms with Gasteiger partial charge in [0.25, 0.3) is 5.69 Å². The smallest absolute Gasteiger partial charge is 0.320 e. The predicted molar refractivity (Wildman–Crippen MR) is 52.7 cm³/mol. The fourth-order valence-corrected chi connectivity index (χ4v) is 1.09. The molecule has 20 heavy (non-hydrogen) atoms. The second kappa shape index (κ2) is 4.98. The first kappa shape index (κ1) is 15.7. The quantitative estimate of drug-likeness (QED) is 0.530. The molecule has 0 unspecified atom stereocenters. The van der Waals surface area contributed by atoms with Gasteiger partial charge in [-0.05, 0) is 6.07 Å². The lowest BCUT2D eigenvalue weighted by molar-refractivity contribution is -0.385. The molecule has 0 radical (unpaired) electrons. The number of alkyl halides is 5. The van der Waals surface area contributed by atoms with Gasteiger partial charge in [-0.2, -0.15) is 22.0 Å². The van der Waals surface area contributed by atoms with Crippen LogP contribution in [-0.2, 0) is 4.79 Å². The molecule has 5 nitrogen and oxygen atoms in total. The lowest BCUT2D eigenvalue weighted by atomic mass is 10.2. The van der Waals surface area contributed by atoms with Gasteiger partial charge in [0.05, 0.1) is 16.7 Å². The highest BCUT2D eigenvalue weighted by molar-refractivity contribution is 5.96. The van der Waals surface area contributed by atoms with E-state index in [-0.39, 0.29) is 0 Å². The molecule has 1 aromatic rings. The summed E-state index contributed by atoms with van der Waals surface area (Å²) in [4.78, 5) is 20.0. The Morgan fingerprint density at radius 2 is 1.70 bits per heavy atom. The number of rotatable bonds is 3. The van der Waals surface area contributed by atoms with Crippen molar-refractivity contribution in [1.82, 2.24) is 0 Å². The van der Waals surface area contributed by atoms with Gasteiger partial charge in [0.2, 0.25) is 0 Å². The van der Waals surface area contributed by atoms with Crippen molar-refractivity contribution in [3.8, 4) is 0 Å². The molecule has 1 N–H and O–H groups in total. The number of nitrogens with zero attached hydrogens (tertiary/aromatic N) is 1. The first-order valence-corrected chi connectivity index (χ1v) is 4.66. The number of carbonyl (C=O) groups excluding carboxylic acids is 1. The second-order valence-corrected chi connectivity index (χ2v) is 3.48.